The summed E-state index contributed by atoms with van der Waals surface area (Å²) in [6, 6.07) is 21.9. The maximum absolute atomic E-state index is 13.0. The Morgan fingerprint density at radius 3 is 2.46 bits per heavy atom. The van der Waals surface area contributed by atoms with E-state index in [0.29, 0.717) is 10.7 Å². The molecule has 0 bridgehead atoms. The molecule has 1 aliphatic heterocycles. The van der Waals surface area contributed by atoms with E-state index in [-0.39, 0.29) is 5.75 Å². The number of hydrogen-bond acceptors (Lipinski definition) is 6. The number of carbonyl (C=O) groups is 3. The van der Waals surface area contributed by atoms with Gasteiger partial charge in [0.25, 0.3) is 5.91 Å². The molecule has 5 rings (SSSR count). The number of benzene rings is 2. The summed E-state index contributed by atoms with van der Waals surface area (Å²) in [5.41, 5.74) is 3.55. The van der Waals surface area contributed by atoms with Crippen molar-refractivity contribution >= 4 is 40.9 Å². The number of amides is 4. The zero-order valence-corrected chi connectivity index (χ0v) is 20.3. The fraction of sp³-hybridized carbons (Fsp3) is 0.120. The number of nitrogens with one attached hydrogen (secondary N) is 2. The summed E-state index contributed by atoms with van der Waals surface area (Å²) in [6.45, 7) is 1.62. The number of imide groups is 1. The normalized spacial score (nSPS) is 17.5. The van der Waals surface area contributed by atoms with Gasteiger partial charge in [-0.2, -0.15) is 5.01 Å². The van der Waals surface area contributed by atoms with Gasteiger partial charge in [-0.05, 0) is 36.1 Å². The molecule has 4 aromatic rings. The molecule has 1 aliphatic rings. The highest BCUT2D eigenvalue weighted by Crippen LogP contribution is 2.30. The first-order valence-corrected chi connectivity index (χ1v) is 12.7. The van der Waals surface area contributed by atoms with Crippen LogP contribution in [-0.4, -0.2) is 38.2 Å². The van der Waals surface area contributed by atoms with E-state index < -0.39 is 23.4 Å². The first-order valence-electron chi connectivity index (χ1n) is 10.8. The van der Waals surface area contributed by atoms with Gasteiger partial charge < -0.3 is 5.32 Å². The fourth-order valence-corrected chi connectivity index (χ4v) is 5.24. The van der Waals surface area contributed by atoms with Crippen molar-refractivity contribution in [1.29, 1.82) is 0 Å². The zero-order chi connectivity index (χ0) is 24.4. The molecule has 0 saturated carbocycles. The third-order valence-corrected chi connectivity index (χ3v) is 7.44. The Balaban J connectivity index is 1.31. The molecule has 0 radical (unpaired) electrons. The minimum absolute atomic E-state index is 0.0349. The van der Waals surface area contributed by atoms with Crippen LogP contribution in [0.2, 0.25) is 0 Å². The predicted molar refractivity (Wildman–Crippen MR) is 135 cm³/mol. The van der Waals surface area contributed by atoms with E-state index in [9.17, 15) is 14.4 Å². The average Bonchev–Trinajstić information content (AvgIpc) is 3.60. The van der Waals surface area contributed by atoms with Crippen LogP contribution >= 0.6 is 23.1 Å². The molecule has 3 heterocycles. The van der Waals surface area contributed by atoms with Crippen LogP contribution in [0.5, 0.6) is 0 Å². The Hall–Kier alpha value is -3.89. The largest absolute Gasteiger partial charge is 0.344 e. The molecule has 4 amide bonds. The Morgan fingerprint density at radius 1 is 1.06 bits per heavy atom. The smallest absolute Gasteiger partial charge is 0.318 e. The first-order chi connectivity index (χ1) is 17.0. The van der Waals surface area contributed by atoms with Gasteiger partial charge in [-0.15, -0.1) is 11.3 Å². The van der Waals surface area contributed by atoms with Crippen LogP contribution in [0.25, 0.3) is 16.3 Å². The molecule has 0 aliphatic carbocycles. The zero-order valence-electron chi connectivity index (χ0n) is 18.7. The second-order valence-electron chi connectivity index (χ2n) is 7.98. The number of urea groups is 1. The van der Waals surface area contributed by atoms with E-state index in [0.717, 1.165) is 21.3 Å². The molecule has 8 nitrogen and oxygen atoms in total. The Labute approximate surface area is 210 Å². The van der Waals surface area contributed by atoms with Gasteiger partial charge in [0.1, 0.15) is 5.54 Å². The molecule has 10 heteroatoms. The molecular formula is C25H21N5O3S2. The number of carbonyl (C=O) groups excluding carboxylic acids is 3. The van der Waals surface area contributed by atoms with E-state index >= 15 is 0 Å². The van der Waals surface area contributed by atoms with Crippen LogP contribution in [-0.2, 0) is 15.1 Å². The van der Waals surface area contributed by atoms with Crippen LogP contribution < -0.4 is 10.7 Å². The van der Waals surface area contributed by atoms with Crippen LogP contribution in [0, 0.1) is 0 Å². The first kappa shape index (κ1) is 22.9. The van der Waals surface area contributed by atoms with Crippen LogP contribution in [0.1, 0.15) is 12.5 Å². The number of rotatable bonds is 7. The summed E-state index contributed by atoms with van der Waals surface area (Å²) in [5, 5.41) is 6.03. The number of aromatic nitrogens is 2. The lowest BCUT2D eigenvalue weighted by Crippen LogP contribution is -2.48. The minimum atomic E-state index is -1.25. The van der Waals surface area contributed by atoms with E-state index in [2.05, 4.69) is 10.7 Å². The lowest BCUT2D eigenvalue weighted by atomic mass is 9.92. The molecule has 0 spiro atoms. The quantitative estimate of drug-likeness (QED) is 0.291. The van der Waals surface area contributed by atoms with Gasteiger partial charge >= 0.3 is 6.03 Å². The molecule has 2 aromatic heterocycles. The third kappa shape index (κ3) is 4.45. The van der Waals surface area contributed by atoms with Crippen molar-refractivity contribution in [3.63, 3.8) is 0 Å². The summed E-state index contributed by atoms with van der Waals surface area (Å²) in [6.07, 6.45) is 1.93. The van der Waals surface area contributed by atoms with Crippen molar-refractivity contribution in [3.8, 4) is 16.3 Å². The van der Waals surface area contributed by atoms with Gasteiger partial charge in [-0.25, -0.2) is 9.78 Å². The highest BCUT2D eigenvalue weighted by molar-refractivity contribution is 7.99. The molecule has 35 heavy (non-hydrogen) atoms. The monoisotopic (exact) mass is 503 g/mol. The van der Waals surface area contributed by atoms with Gasteiger partial charge in [-0.3, -0.25) is 19.6 Å². The highest BCUT2D eigenvalue weighted by atomic mass is 32.2. The van der Waals surface area contributed by atoms with Crippen molar-refractivity contribution in [2.24, 2.45) is 0 Å². The van der Waals surface area contributed by atoms with Gasteiger partial charge in [0, 0.05) is 11.9 Å². The predicted octanol–water partition coefficient (Wildman–Crippen LogP) is 4.19. The molecule has 176 valence electrons. The van der Waals surface area contributed by atoms with Crippen LogP contribution in [0.4, 0.5) is 4.79 Å². The Kier molecular flexibility index (Phi) is 6.14. The summed E-state index contributed by atoms with van der Waals surface area (Å²) >= 11 is 2.81. The number of hydrazine groups is 1. The number of thiophene rings is 1. The second kappa shape index (κ2) is 9.40. The van der Waals surface area contributed by atoms with E-state index in [1.807, 2.05) is 64.7 Å². The van der Waals surface area contributed by atoms with Gasteiger partial charge in [-0.1, -0.05) is 66.4 Å². The minimum Gasteiger partial charge on any atom is -0.318 e. The van der Waals surface area contributed by atoms with Crippen molar-refractivity contribution in [2.45, 2.75) is 17.6 Å². The number of nitrogens with zero attached hydrogens (tertiary/aromatic N) is 3. The van der Waals surface area contributed by atoms with Gasteiger partial charge in [0.05, 0.1) is 16.3 Å². The highest BCUT2D eigenvalue weighted by Gasteiger charge is 2.49. The molecule has 1 atom stereocenters. The maximum Gasteiger partial charge on any atom is 0.344 e. The van der Waals surface area contributed by atoms with Gasteiger partial charge in [0.15, 0.2) is 5.16 Å². The molecule has 1 saturated heterocycles. The number of thioether (sulfide) groups is 1. The third-order valence-electron chi connectivity index (χ3n) is 5.59. The Bertz CT molecular complexity index is 1370. The SMILES string of the molecule is C[C@]1(c2ccccc2)NC(=O)N(NC(=O)CSc2nc(-c3cccs3)cn2-c2ccccc2)C1=O. The van der Waals surface area contributed by atoms with Crippen molar-refractivity contribution in [2.75, 3.05) is 5.75 Å². The molecule has 2 aromatic carbocycles. The summed E-state index contributed by atoms with van der Waals surface area (Å²) in [4.78, 5) is 44.0. The molecule has 2 N–H and O–H groups in total. The lowest BCUT2D eigenvalue weighted by Gasteiger charge is -2.22. The average molecular weight is 504 g/mol. The van der Waals surface area contributed by atoms with Crippen molar-refractivity contribution in [3.05, 3.63) is 89.9 Å². The van der Waals surface area contributed by atoms with E-state index in [1.165, 1.54) is 11.8 Å². The van der Waals surface area contributed by atoms with Gasteiger partial charge in [0.2, 0.25) is 5.91 Å². The maximum atomic E-state index is 13.0. The summed E-state index contributed by atoms with van der Waals surface area (Å²) in [5.74, 6) is -1.07. The topological polar surface area (TPSA) is 96.3 Å². The van der Waals surface area contributed by atoms with Crippen molar-refractivity contribution in [1.82, 2.24) is 25.3 Å². The van der Waals surface area contributed by atoms with Crippen LogP contribution in [0.15, 0.2) is 89.5 Å². The Morgan fingerprint density at radius 2 is 1.77 bits per heavy atom. The molecule has 0 unspecified atom stereocenters. The molecule has 1 fully saturated rings. The number of imidazole rings is 1. The standard InChI is InChI=1S/C25H21N5O3S2/c1-25(17-9-4-2-5-10-17)22(32)30(23(33)27-25)28-21(31)16-35-24-26-19(20-13-8-14-34-20)15-29(24)18-11-6-3-7-12-18/h2-15H,16H2,1H3,(H,27,33)(H,28,31)/t25-/m1/s1. The van der Waals surface area contributed by atoms with E-state index in [1.54, 1.807) is 42.5 Å². The number of para-hydroxylation sites is 1. The summed E-state index contributed by atoms with van der Waals surface area (Å²) in [7, 11) is 0. The number of hydrogen-bond donors (Lipinski definition) is 2. The summed E-state index contributed by atoms with van der Waals surface area (Å²) < 4.78 is 1.92. The van der Waals surface area contributed by atoms with Crippen molar-refractivity contribution < 1.29 is 14.4 Å². The fourth-order valence-electron chi connectivity index (χ4n) is 3.78. The second-order valence-corrected chi connectivity index (χ2v) is 9.87. The lowest BCUT2D eigenvalue weighted by molar-refractivity contribution is -0.138. The molecular weight excluding hydrogens is 482 g/mol. The van der Waals surface area contributed by atoms with Crippen LogP contribution in [0.3, 0.4) is 0 Å². The van der Waals surface area contributed by atoms with E-state index in [4.69, 9.17) is 4.98 Å².